The molecular formula is C51H68O21. The van der Waals surface area contributed by atoms with E-state index in [1.165, 1.54) is 83.2 Å². The average Bonchev–Trinajstić information content (AvgIpc) is 3.43. The zero-order chi connectivity index (χ0) is 54.5. The summed E-state index contributed by atoms with van der Waals surface area (Å²) in [5.74, 6) is 8.76. The molecule has 0 saturated heterocycles. The molecule has 72 heavy (non-hydrogen) atoms. The first kappa shape index (κ1) is 61.7. The van der Waals surface area contributed by atoms with Crippen LogP contribution in [0.4, 0.5) is 0 Å². The molecule has 21 heteroatoms. The van der Waals surface area contributed by atoms with E-state index >= 15 is 0 Å². The number of rotatable bonds is 20. The highest BCUT2D eigenvalue weighted by molar-refractivity contribution is 5.84. The van der Waals surface area contributed by atoms with Gasteiger partial charge in [-0.05, 0) is 61.0 Å². The van der Waals surface area contributed by atoms with E-state index < -0.39 is 0 Å². The Balaban J connectivity index is 0.000000451. The van der Waals surface area contributed by atoms with E-state index in [1.807, 2.05) is 13.0 Å². The third kappa shape index (κ3) is 15.1. The number of ether oxygens (including phenoxy) is 18. The molecule has 0 aliphatic carbocycles. The van der Waals surface area contributed by atoms with Crippen LogP contribution in [0.2, 0.25) is 0 Å². The molecule has 1 N–H and O–H groups in total. The summed E-state index contributed by atoms with van der Waals surface area (Å²) in [6, 6.07) is 13.3. The Hall–Kier alpha value is -8.36. The van der Waals surface area contributed by atoms with Crippen LogP contribution in [0.3, 0.4) is 0 Å². The predicted molar refractivity (Wildman–Crippen MR) is 267 cm³/mol. The predicted octanol–water partition coefficient (Wildman–Crippen LogP) is 8.23. The lowest BCUT2D eigenvalue weighted by Gasteiger charge is -2.16. The smallest absolute Gasteiger partial charge is 0.208 e. The quantitative estimate of drug-likeness (QED) is 0.0725. The van der Waals surface area contributed by atoms with Gasteiger partial charge in [0, 0.05) is 0 Å². The second-order valence-corrected chi connectivity index (χ2v) is 13.3. The van der Waals surface area contributed by atoms with Gasteiger partial charge in [0.05, 0.1) is 139 Å². The third-order valence-corrected chi connectivity index (χ3v) is 9.75. The summed E-state index contributed by atoms with van der Waals surface area (Å²) in [7, 11) is 27.4. The Kier molecular flexibility index (Phi) is 27.8. The van der Waals surface area contributed by atoms with Crippen molar-refractivity contribution >= 4 is 12.6 Å². The maximum Gasteiger partial charge on any atom is 0.208 e. The fraction of sp³-hybridized carbons (Fsp3) is 0.373. The molecule has 0 aliphatic rings. The van der Waals surface area contributed by atoms with Gasteiger partial charge in [0.25, 0.3) is 0 Å². The van der Waals surface area contributed by atoms with Crippen molar-refractivity contribution in [1.82, 2.24) is 0 Å². The third-order valence-electron chi connectivity index (χ3n) is 9.75. The molecule has 0 radical (unpaired) electrons. The van der Waals surface area contributed by atoms with E-state index in [4.69, 9.17) is 85.3 Å². The summed E-state index contributed by atoms with van der Waals surface area (Å²) in [6.07, 6.45) is 1.38. The highest BCUT2D eigenvalue weighted by Gasteiger charge is 2.22. The molecule has 0 unspecified atom stereocenters. The van der Waals surface area contributed by atoms with Gasteiger partial charge in [0.2, 0.25) is 51.7 Å². The number of benzene rings is 5. The summed E-state index contributed by atoms with van der Waals surface area (Å²) < 4.78 is 92.2. The monoisotopic (exact) mass is 1020 g/mol. The molecule has 0 atom stereocenters. The molecule has 0 saturated carbocycles. The molecule has 21 nitrogen and oxygen atoms in total. The van der Waals surface area contributed by atoms with Crippen LogP contribution in [-0.4, -0.2) is 146 Å². The number of hydrogen-bond acceptors (Lipinski definition) is 21. The zero-order valence-electron chi connectivity index (χ0n) is 44.4. The number of carbonyl (C=O) groups excluding carboxylic acids is 2. The van der Waals surface area contributed by atoms with Crippen molar-refractivity contribution in [1.29, 1.82) is 0 Å². The first-order chi connectivity index (χ1) is 34.7. The van der Waals surface area contributed by atoms with Gasteiger partial charge in [0.15, 0.2) is 70.1 Å². The van der Waals surface area contributed by atoms with E-state index in [0.29, 0.717) is 121 Å². The van der Waals surface area contributed by atoms with Gasteiger partial charge in [0.1, 0.15) is 0 Å². The molecule has 0 aromatic heterocycles. The Bertz CT molecular complexity index is 2420. The van der Waals surface area contributed by atoms with Crippen LogP contribution in [0, 0.1) is 6.92 Å². The minimum Gasteiger partial charge on any atom is -0.504 e. The lowest BCUT2D eigenvalue weighted by molar-refractivity contribution is 0.111. The first-order valence-corrected chi connectivity index (χ1v) is 20.9. The van der Waals surface area contributed by atoms with Crippen LogP contribution in [0.5, 0.6) is 109 Å². The highest BCUT2D eigenvalue weighted by atomic mass is 16.6. The maximum absolute atomic E-state index is 10.9. The van der Waals surface area contributed by atoms with Crippen LogP contribution in [0.1, 0.15) is 26.3 Å². The summed E-state index contributed by atoms with van der Waals surface area (Å²) in [5, 5.41) is 9.38. The van der Waals surface area contributed by atoms with E-state index in [9.17, 15) is 14.7 Å². The zero-order valence-corrected chi connectivity index (χ0v) is 44.4. The molecule has 0 fully saturated rings. The molecule has 5 rings (SSSR count). The SMILES string of the molecule is COc1cc(C)c(OC)c(OC)c1OC.COc1cc(C=O)c(OC)c(OC)c1OC.COc1ccc(C=O)c(OC)c1OC.COc1ccc(O)c(OC)c1OC.COc1ccc(OC)c(OC)c1OC. The van der Waals surface area contributed by atoms with E-state index in [0.717, 1.165) is 5.56 Å². The van der Waals surface area contributed by atoms with Gasteiger partial charge in [-0.15, -0.1) is 0 Å². The van der Waals surface area contributed by atoms with Gasteiger partial charge in [-0.25, -0.2) is 0 Å². The second-order valence-electron chi connectivity index (χ2n) is 13.3. The molecule has 0 bridgehead atoms. The Morgan fingerprint density at radius 1 is 0.278 bits per heavy atom. The number of aromatic hydroxyl groups is 1. The minimum atomic E-state index is 0.0279. The van der Waals surface area contributed by atoms with Crippen LogP contribution in [0.25, 0.3) is 0 Å². The van der Waals surface area contributed by atoms with Crippen molar-refractivity contribution in [3.05, 3.63) is 65.2 Å². The number of carbonyl (C=O) groups is 2. The van der Waals surface area contributed by atoms with Crippen molar-refractivity contribution in [2.75, 3.05) is 128 Å². The lowest BCUT2D eigenvalue weighted by atomic mass is 10.1. The number of aryl methyl sites for hydroxylation is 1. The minimum absolute atomic E-state index is 0.0279. The van der Waals surface area contributed by atoms with Crippen LogP contribution >= 0.6 is 0 Å². The summed E-state index contributed by atoms with van der Waals surface area (Å²) in [4.78, 5) is 21.6. The van der Waals surface area contributed by atoms with Crippen LogP contribution in [-0.2, 0) is 0 Å². The van der Waals surface area contributed by atoms with E-state index in [-0.39, 0.29) is 11.5 Å². The molecular weight excluding hydrogens is 949 g/mol. The number of methoxy groups -OCH3 is 18. The molecule has 398 valence electrons. The average molecular weight is 1020 g/mol. The van der Waals surface area contributed by atoms with Crippen LogP contribution in [0.15, 0.2) is 48.5 Å². The van der Waals surface area contributed by atoms with Gasteiger partial charge in [-0.3, -0.25) is 9.59 Å². The standard InChI is InChI=1S/C11H14O5.C11H16O4.C10H14O4.C10H12O4.C9H12O4/c1-13-8-5-7(6-12)9(14-2)11(16-4)10(8)15-3;1-7-6-8(12-2)10(14-4)11(15-5)9(7)13-3;1-11-7-5-6-8(12-2)10(14-4)9(7)13-3;1-12-8-5-4-7(6-11)9(13-2)10(8)14-3;1-11-7-5-4-6(10)8(12-2)9(7)13-3/h5-6H,1-4H3;6H,1-5H3;5-6H,1-4H3;4-6H,1-3H3;4-5,10H,1-3H3. The number of phenolic OH excluding ortho intramolecular Hbond substituents is 1. The van der Waals surface area contributed by atoms with E-state index in [2.05, 4.69) is 0 Å². The molecule has 0 amide bonds. The van der Waals surface area contributed by atoms with Crippen molar-refractivity contribution in [3.8, 4) is 109 Å². The van der Waals surface area contributed by atoms with Crippen molar-refractivity contribution < 1.29 is 100.0 Å². The number of aldehydes is 2. The lowest BCUT2D eigenvalue weighted by Crippen LogP contribution is -2.00. The fourth-order valence-electron chi connectivity index (χ4n) is 6.49. The first-order valence-electron chi connectivity index (χ1n) is 20.9. The fourth-order valence-corrected chi connectivity index (χ4v) is 6.49. The molecule has 5 aromatic rings. The second kappa shape index (κ2) is 32.5. The van der Waals surface area contributed by atoms with Gasteiger partial charge in [-0.2, -0.15) is 0 Å². The van der Waals surface area contributed by atoms with Crippen molar-refractivity contribution in [2.24, 2.45) is 0 Å². The molecule has 0 aliphatic heterocycles. The largest absolute Gasteiger partial charge is 0.504 e. The molecule has 5 aromatic carbocycles. The van der Waals surface area contributed by atoms with Crippen molar-refractivity contribution in [2.45, 2.75) is 6.92 Å². The molecule has 0 spiro atoms. The van der Waals surface area contributed by atoms with Crippen LogP contribution < -0.4 is 85.3 Å². The Morgan fingerprint density at radius 3 is 0.875 bits per heavy atom. The Morgan fingerprint density at radius 2 is 0.542 bits per heavy atom. The molecule has 0 heterocycles. The summed E-state index contributed by atoms with van der Waals surface area (Å²) in [6.45, 7) is 1.92. The summed E-state index contributed by atoms with van der Waals surface area (Å²) in [5.41, 5.74) is 1.72. The van der Waals surface area contributed by atoms with Gasteiger partial charge in [-0.1, -0.05) is 0 Å². The maximum atomic E-state index is 10.9. The normalized spacial score (nSPS) is 9.49. The number of hydrogen-bond donors (Lipinski definition) is 1. The summed E-state index contributed by atoms with van der Waals surface area (Å²) >= 11 is 0. The van der Waals surface area contributed by atoms with Crippen molar-refractivity contribution in [3.63, 3.8) is 0 Å². The van der Waals surface area contributed by atoms with Gasteiger partial charge < -0.3 is 90.4 Å². The van der Waals surface area contributed by atoms with E-state index in [1.54, 1.807) is 87.2 Å². The Labute approximate surface area is 421 Å². The number of phenols is 1. The van der Waals surface area contributed by atoms with Gasteiger partial charge >= 0.3 is 0 Å². The topological polar surface area (TPSA) is 221 Å². The highest BCUT2D eigenvalue weighted by Crippen LogP contribution is 2.48.